The first-order valence-electron chi connectivity index (χ1n) is 7.67. The fraction of sp³-hybridized carbons (Fsp3) is 0.375. The lowest BCUT2D eigenvalue weighted by Gasteiger charge is -2.31. The van der Waals surface area contributed by atoms with Gasteiger partial charge in [0.05, 0.1) is 8.68 Å². The zero-order valence-corrected chi connectivity index (χ0v) is 16.1. The Labute approximate surface area is 153 Å². The van der Waals surface area contributed by atoms with Crippen LogP contribution in [0.2, 0.25) is 0 Å². The van der Waals surface area contributed by atoms with Crippen molar-refractivity contribution in [2.24, 2.45) is 0 Å². The third kappa shape index (κ3) is 4.64. The van der Waals surface area contributed by atoms with Crippen LogP contribution in [0.25, 0.3) is 0 Å². The van der Waals surface area contributed by atoms with Crippen LogP contribution in [0.15, 0.2) is 45.1 Å². The van der Waals surface area contributed by atoms with Crippen LogP contribution in [0.1, 0.15) is 17.7 Å². The minimum Gasteiger partial charge on any atom is -0.298 e. The smallest absolute Gasteiger partial charge is 0.240 e. The number of halogens is 2. The summed E-state index contributed by atoms with van der Waals surface area (Å²) in [4.78, 5) is 3.74. The van der Waals surface area contributed by atoms with E-state index in [0.29, 0.717) is 0 Å². The second-order valence-electron chi connectivity index (χ2n) is 5.83. The zero-order valence-electron chi connectivity index (χ0n) is 12.9. The molecule has 1 saturated heterocycles. The molecule has 24 heavy (non-hydrogen) atoms. The van der Waals surface area contributed by atoms with E-state index in [-0.39, 0.29) is 10.9 Å². The Hall–Kier alpha value is -0.800. The first-order chi connectivity index (χ1) is 11.4. The summed E-state index contributed by atoms with van der Waals surface area (Å²) in [6.07, 6.45) is 1.54. The van der Waals surface area contributed by atoms with Crippen molar-refractivity contribution in [3.05, 3.63) is 50.9 Å². The van der Waals surface area contributed by atoms with Crippen molar-refractivity contribution in [2.45, 2.75) is 30.3 Å². The third-order valence-corrected chi connectivity index (χ3v) is 7.19. The average molecular weight is 433 g/mol. The molecule has 130 valence electrons. The summed E-state index contributed by atoms with van der Waals surface area (Å²) < 4.78 is 41.5. The van der Waals surface area contributed by atoms with Gasteiger partial charge in [0.15, 0.2) is 0 Å². The second-order valence-corrected chi connectivity index (χ2v) is 10.1. The van der Waals surface area contributed by atoms with Crippen LogP contribution in [0.4, 0.5) is 4.39 Å². The van der Waals surface area contributed by atoms with Gasteiger partial charge in [-0.15, -0.1) is 11.3 Å². The lowest BCUT2D eigenvalue weighted by Crippen LogP contribution is -2.44. The third-order valence-electron chi connectivity index (χ3n) is 4.04. The molecule has 2 aromatic rings. The molecule has 0 aliphatic carbocycles. The van der Waals surface area contributed by atoms with Gasteiger partial charge in [-0.1, -0.05) is 0 Å². The van der Waals surface area contributed by atoms with Gasteiger partial charge in [-0.25, -0.2) is 17.5 Å². The van der Waals surface area contributed by atoms with Crippen molar-refractivity contribution in [3.8, 4) is 0 Å². The number of nitrogens with one attached hydrogen (secondary N) is 1. The van der Waals surface area contributed by atoms with Crippen molar-refractivity contribution in [2.75, 3.05) is 13.1 Å². The van der Waals surface area contributed by atoms with Crippen LogP contribution in [-0.2, 0) is 16.6 Å². The molecule has 1 aromatic carbocycles. The first kappa shape index (κ1) is 18.0. The fourth-order valence-corrected chi connectivity index (χ4v) is 5.60. The molecule has 1 fully saturated rings. The van der Waals surface area contributed by atoms with Crippen molar-refractivity contribution < 1.29 is 12.8 Å². The molecular formula is C16H18BrFN2O2S2. The van der Waals surface area contributed by atoms with Crippen LogP contribution in [0.3, 0.4) is 0 Å². The highest BCUT2D eigenvalue weighted by molar-refractivity contribution is 9.11. The number of sulfonamides is 1. The monoisotopic (exact) mass is 432 g/mol. The van der Waals surface area contributed by atoms with E-state index in [1.807, 2.05) is 6.07 Å². The molecule has 0 atom stereocenters. The van der Waals surface area contributed by atoms with Gasteiger partial charge in [-0.05, 0) is 65.2 Å². The largest absolute Gasteiger partial charge is 0.298 e. The maximum Gasteiger partial charge on any atom is 0.240 e. The first-order valence-corrected chi connectivity index (χ1v) is 10.8. The molecule has 0 radical (unpaired) electrons. The molecule has 0 spiro atoms. The standard InChI is InChI=1S/C16H18BrFN2O2S2/c17-16-6-3-14(23-16)11-20-9-7-13(8-10-20)19-24(21,22)15-4-1-12(18)2-5-15/h1-6,13,19H,7-11H2. The Morgan fingerprint density at radius 2 is 1.83 bits per heavy atom. The Morgan fingerprint density at radius 1 is 1.17 bits per heavy atom. The summed E-state index contributed by atoms with van der Waals surface area (Å²) in [7, 11) is -3.59. The van der Waals surface area contributed by atoms with Crippen molar-refractivity contribution in [1.29, 1.82) is 0 Å². The average Bonchev–Trinajstić information content (AvgIpc) is 2.94. The molecule has 0 amide bonds. The maximum atomic E-state index is 12.9. The molecular weight excluding hydrogens is 415 g/mol. The molecule has 8 heteroatoms. The molecule has 1 aliphatic heterocycles. The molecule has 1 N–H and O–H groups in total. The van der Waals surface area contributed by atoms with Crippen molar-refractivity contribution in [3.63, 3.8) is 0 Å². The van der Waals surface area contributed by atoms with Gasteiger partial charge >= 0.3 is 0 Å². The zero-order chi connectivity index (χ0) is 17.2. The highest BCUT2D eigenvalue weighted by Crippen LogP contribution is 2.24. The Morgan fingerprint density at radius 3 is 2.42 bits per heavy atom. The lowest BCUT2D eigenvalue weighted by atomic mass is 10.1. The molecule has 3 rings (SSSR count). The SMILES string of the molecule is O=S(=O)(NC1CCN(Cc2ccc(Br)s2)CC1)c1ccc(F)cc1. The van der Waals surface area contributed by atoms with Gasteiger partial charge in [-0.3, -0.25) is 4.90 Å². The number of hydrogen-bond donors (Lipinski definition) is 1. The van der Waals surface area contributed by atoms with Crippen LogP contribution < -0.4 is 4.72 Å². The number of piperidine rings is 1. The van der Waals surface area contributed by atoms with E-state index < -0.39 is 15.8 Å². The second kappa shape index (κ2) is 7.61. The lowest BCUT2D eigenvalue weighted by molar-refractivity contribution is 0.201. The highest BCUT2D eigenvalue weighted by atomic mass is 79.9. The normalized spacial score (nSPS) is 17.2. The van der Waals surface area contributed by atoms with Crippen LogP contribution in [0, 0.1) is 5.82 Å². The van der Waals surface area contributed by atoms with Gasteiger partial charge in [0, 0.05) is 30.6 Å². The maximum absolute atomic E-state index is 12.9. The predicted octanol–water partition coefficient (Wildman–Crippen LogP) is 3.59. The van der Waals surface area contributed by atoms with Gasteiger partial charge in [0.2, 0.25) is 10.0 Å². The number of likely N-dealkylation sites (tertiary alicyclic amines) is 1. The van der Waals surface area contributed by atoms with Crippen LogP contribution >= 0.6 is 27.3 Å². The fourth-order valence-electron chi connectivity index (χ4n) is 2.77. The Bertz CT molecular complexity index is 785. The predicted molar refractivity (Wildman–Crippen MR) is 97.0 cm³/mol. The van der Waals surface area contributed by atoms with E-state index in [0.717, 1.165) is 48.4 Å². The summed E-state index contributed by atoms with van der Waals surface area (Å²) in [6, 6.07) is 8.99. The number of nitrogens with zero attached hydrogens (tertiary/aromatic N) is 1. The van der Waals surface area contributed by atoms with Gasteiger partial charge in [-0.2, -0.15) is 0 Å². The topological polar surface area (TPSA) is 49.4 Å². The molecule has 0 unspecified atom stereocenters. The molecule has 1 aromatic heterocycles. The summed E-state index contributed by atoms with van der Waals surface area (Å²) in [6.45, 7) is 2.60. The van der Waals surface area contributed by atoms with E-state index in [9.17, 15) is 12.8 Å². The number of thiophene rings is 1. The van der Waals surface area contributed by atoms with E-state index in [2.05, 4.69) is 31.6 Å². The summed E-state index contributed by atoms with van der Waals surface area (Å²) in [5.41, 5.74) is 0. The number of rotatable bonds is 5. The van der Waals surface area contributed by atoms with Gasteiger partial charge in [0.1, 0.15) is 5.82 Å². The van der Waals surface area contributed by atoms with E-state index in [1.165, 1.54) is 17.0 Å². The summed E-state index contributed by atoms with van der Waals surface area (Å²) in [5.74, 6) is -0.442. The van der Waals surface area contributed by atoms with Gasteiger partial charge < -0.3 is 0 Å². The number of hydrogen-bond acceptors (Lipinski definition) is 4. The van der Waals surface area contributed by atoms with E-state index in [1.54, 1.807) is 11.3 Å². The molecule has 0 saturated carbocycles. The summed E-state index contributed by atoms with van der Waals surface area (Å²) in [5, 5.41) is 0. The van der Waals surface area contributed by atoms with Crippen molar-refractivity contribution in [1.82, 2.24) is 9.62 Å². The van der Waals surface area contributed by atoms with Crippen LogP contribution in [-0.4, -0.2) is 32.4 Å². The Balaban J connectivity index is 1.54. The molecule has 2 heterocycles. The summed E-state index contributed by atoms with van der Waals surface area (Å²) >= 11 is 5.19. The van der Waals surface area contributed by atoms with E-state index in [4.69, 9.17) is 0 Å². The van der Waals surface area contributed by atoms with E-state index >= 15 is 0 Å². The molecule has 4 nitrogen and oxygen atoms in total. The molecule has 1 aliphatic rings. The quantitative estimate of drug-likeness (QED) is 0.784. The van der Waals surface area contributed by atoms with Crippen molar-refractivity contribution >= 4 is 37.3 Å². The minimum absolute atomic E-state index is 0.0774. The van der Waals surface area contributed by atoms with Gasteiger partial charge in [0.25, 0.3) is 0 Å². The molecule has 0 bridgehead atoms. The minimum atomic E-state index is -3.59. The van der Waals surface area contributed by atoms with Crippen LogP contribution in [0.5, 0.6) is 0 Å². The Kier molecular flexibility index (Phi) is 5.71. The number of benzene rings is 1. The highest BCUT2D eigenvalue weighted by Gasteiger charge is 2.24.